The Morgan fingerprint density at radius 3 is 2.84 bits per heavy atom. The Kier molecular flexibility index (Phi) is 5.11. The van der Waals surface area contributed by atoms with Gasteiger partial charge in [0, 0.05) is 25.7 Å². The van der Waals surface area contributed by atoms with Gasteiger partial charge in [0.05, 0.1) is 0 Å². The minimum absolute atomic E-state index is 0.120. The van der Waals surface area contributed by atoms with E-state index in [-0.39, 0.29) is 23.9 Å². The third kappa shape index (κ3) is 4.04. The van der Waals surface area contributed by atoms with Crippen LogP contribution in [0.2, 0.25) is 0 Å². The molecule has 0 aliphatic carbocycles. The van der Waals surface area contributed by atoms with Crippen LogP contribution in [0.4, 0.5) is 4.39 Å². The number of carbonyl (C=O) groups is 2. The summed E-state index contributed by atoms with van der Waals surface area (Å²) in [6, 6.07) is 7.82. The first-order chi connectivity index (χ1) is 12.0. The fraction of sp³-hybridized carbons (Fsp3) is 0.389. The highest BCUT2D eigenvalue weighted by molar-refractivity contribution is 5.92. The van der Waals surface area contributed by atoms with Gasteiger partial charge in [-0.2, -0.15) is 5.10 Å². The summed E-state index contributed by atoms with van der Waals surface area (Å²) in [5, 5.41) is 13.0. The molecule has 1 aliphatic heterocycles. The minimum atomic E-state index is -0.813. The highest BCUT2D eigenvalue weighted by Crippen LogP contribution is 2.22. The number of carbonyl (C=O) groups excluding carboxylic acids is 1. The number of carboxylic acids is 1. The summed E-state index contributed by atoms with van der Waals surface area (Å²) >= 11 is 0. The van der Waals surface area contributed by atoms with Crippen molar-refractivity contribution < 1.29 is 19.1 Å². The topological polar surface area (TPSA) is 75.4 Å². The molecule has 7 heteroatoms. The molecule has 2 aromatic rings. The SMILES string of the molecule is O=C(O)CC[C@H]1CCCN(C(=O)c2ccn(-c3ccccc3F)n2)C1. The van der Waals surface area contributed by atoms with Crippen LogP contribution in [0.5, 0.6) is 0 Å². The lowest BCUT2D eigenvalue weighted by atomic mass is 9.93. The molecule has 2 heterocycles. The summed E-state index contributed by atoms with van der Waals surface area (Å²) < 4.78 is 15.2. The molecule has 25 heavy (non-hydrogen) atoms. The van der Waals surface area contributed by atoms with Crippen LogP contribution in [-0.4, -0.2) is 44.8 Å². The average Bonchev–Trinajstić information content (AvgIpc) is 3.10. The summed E-state index contributed by atoms with van der Waals surface area (Å²) in [4.78, 5) is 25.1. The molecule has 1 amide bonds. The number of hydrogen-bond acceptors (Lipinski definition) is 3. The zero-order valence-electron chi connectivity index (χ0n) is 13.8. The molecule has 0 spiro atoms. The van der Waals surface area contributed by atoms with Gasteiger partial charge in [0.15, 0.2) is 5.69 Å². The second kappa shape index (κ2) is 7.46. The van der Waals surface area contributed by atoms with E-state index in [1.54, 1.807) is 35.4 Å². The number of likely N-dealkylation sites (tertiary alicyclic amines) is 1. The smallest absolute Gasteiger partial charge is 0.303 e. The van der Waals surface area contributed by atoms with Crippen molar-refractivity contribution >= 4 is 11.9 Å². The monoisotopic (exact) mass is 345 g/mol. The van der Waals surface area contributed by atoms with E-state index in [2.05, 4.69) is 5.10 Å². The molecule has 1 fully saturated rings. The van der Waals surface area contributed by atoms with E-state index < -0.39 is 11.8 Å². The predicted octanol–water partition coefficient (Wildman–Crippen LogP) is 2.73. The predicted molar refractivity (Wildman–Crippen MR) is 89.0 cm³/mol. The van der Waals surface area contributed by atoms with Gasteiger partial charge in [0.2, 0.25) is 0 Å². The Bertz CT molecular complexity index is 774. The van der Waals surface area contributed by atoms with Gasteiger partial charge in [-0.25, -0.2) is 9.07 Å². The highest BCUT2D eigenvalue weighted by Gasteiger charge is 2.26. The second-order valence-corrected chi connectivity index (χ2v) is 6.29. The third-order valence-electron chi connectivity index (χ3n) is 4.48. The fourth-order valence-electron chi connectivity index (χ4n) is 3.18. The molecule has 1 saturated heterocycles. The van der Waals surface area contributed by atoms with Crippen LogP contribution < -0.4 is 0 Å². The average molecular weight is 345 g/mol. The molecule has 0 bridgehead atoms. The second-order valence-electron chi connectivity index (χ2n) is 6.29. The first-order valence-corrected chi connectivity index (χ1v) is 8.36. The van der Waals surface area contributed by atoms with Crippen LogP contribution in [0.3, 0.4) is 0 Å². The van der Waals surface area contributed by atoms with E-state index >= 15 is 0 Å². The number of benzene rings is 1. The molecule has 1 atom stereocenters. The van der Waals surface area contributed by atoms with E-state index in [1.807, 2.05) is 0 Å². The normalized spacial score (nSPS) is 17.5. The number of hydrogen-bond donors (Lipinski definition) is 1. The van der Waals surface area contributed by atoms with Crippen molar-refractivity contribution in [2.45, 2.75) is 25.7 Å². The summed E-state index contributed by atoms with van der Waals surface area (Å²) in [5.74, 6) is -1.22. The van der Waals surface area contributed by atoms with E-state index in [1.165, 1.54) is 10.7 Å². The molecule has 0 radical (unpaired) electrons. The molecule has 1 aromatic heterocycles. The molecule has 3 rings (SSSR count). The molecular formula is C18H20FN3O3. The van der Waals surface area contributed by atoms with E-state index in [4.69, 9.17) is 5.11 Å². The summed E-state index contributed by atoms with van der Waals surface area (Å²) in [5.41, 5.74) is 0.557. The molecule has 1 aromatic carbocycles. The van der Waals surface area contributed by atoms with Crippen molar-refractivity contribution in [2.24, 2.45) is 5.92 Å². The Balaban J connectivity index is 1.69. The maximum Gasteiger partial charge on any atom is 0.303 e. The van der Waals surface area contributed by atoms with Crippen LogP contribution in [0, 0.1) is 11.7 Å². The molecular weight excluding hydrogens is 325 g/mol. The Labute approximate surface area is 144 Å². The zero-order chi connectivity index (χ0) is 17.8. The Morgan fingerprint density at radius 2 is 2.08 bits per heavy atom. The minimum Gasteiger partial charge on any atom is -0.481 e. The lowest BCUT2D eigenvalue weighted by Crippen LogP contribution is -2.40. The molecule has 0 unspecified atom stereocenters. The number of para-hydroxylation sites is 1. The number of aromatic nitrogens is 2. The number of amides is 1. The molecule has 0 saturated carbocycles. The largest absolute Gasteiger partial charge is 0.481 e. The van der Waals surface area contributed by atoms with Gasteiger partial charge in [-0.15, -0.1) is 0 Å². The third-order valence-corrected chi connectivity index (χ3v) is 4.48. The van der Waals surface area contributed by atoms with Gasteiger partial charge >= 0.3 is 5.97 Å². The van der Waals surface area contributed by atoms with Gasteiger partial charge < -0.3 is 10.0 Å². The molecule has 132 valence electrons. The fourth-order valence-corrected chi connectivity index (χ4v) is 3.18. The summed E-state index contributed by atoms with van der Waals surface area (Å²) in [7, 11) is 0. The van der Waals surface area contributed by atoms with Gasteiger partial charge in [0.1, 0.15) is 11.5 Å². The first kappa shape index (κ1) is 17.1. The lowest BCUT2D eigenvalue weighted by Gasteiger charge is -2.32. The van der Waals surface area contributed by atoms with Crippen molar-refractivity contribution in [1.82, 2.24) is 14.7 Å². The van der Waals surface area contributed by atoms with Crippen LogP contribution in [0.25, 0.3) is 5.69 Å². The van der Waals surface area contributed by atoms with Crippen molar-refractivity contribution in [1.29, 1.82) is 0 Å². The van der Waals surface area contributed by atoms with Crippen LogP contribution in [0.1, 0.15) is 36.2 Å². The molecule has 6 nitrogen and oxygen atoms in total. The summed E-state index contributed by atoms with van der Waals surface area (Å²) in [6.45, 7) is 1.17. The van der Waals surface area contributed by atoms with Crippen molar-refractivity contribution in [3.63, 3.8) is 0 Å². The number of piperidine rings is 1. The molecule has 1 aliphatic rings. The maximum atomic E-state index is 13.8. The highest BCUT2D eigenvalue weighted by atomic mass is 19.1. The maximum absolute atomic E-state index is 13.8. The zero-order valence-corrected chi connectivity index (χ0v) is 13.8. The van der Waals surface area contributed by atoms with Crippen molar-refractivity contribution in [3.8, 4) is 5.69 Å². The van der Waals surface area contributed by atoms with Gasteiger partial charge in [0.25, 0.3) is 5.91 Å². The number of carboxylic acid groups (broad SMARTS) is 1. The summed E-state index contributed by atoms with van der Waals surface area (Å²) in [6.07, 6.45) is 4.04. The van der Waals surface area contributed by atoms with Crippen LogP contribution in [-0.2, 0) is 4.79 Å². The van der Waals surface area contributed by atoms with Crippen LogP contribution >= 0.6 is 0 Å². The first-order valence-electron chi connectivity index (χ1n) is 8.36. The number of aliphatic carboxylic acids is 1. The lowest BCUT2D eigenvalue weighted by molar-refractivity contribution is -0.137. The van der Waals surface area contributed by atoms with E-state index in [0.717, 1.165) is 12.8 Å². The molecule has 1 N–H and O–H groups in total. The Morgan fingerprint density at radius 1 is 1.28 bits per heavy atom. The van der Waals surface area contributed by atoms with Crippen molar-refractivity contribution in [3.05, 3.63) is 48.0 Å². The van der Waals surface area contributed by atoms with E-state index in [9.17, 15) is 14.0 Å². The van der Waals surface area contributed by atoms with Crippen LogP contribution in [0.15, 0.2) is 36.5 Å². The quantitative estimate of drug-likeness (QED) is 0.904. The number of nitrogens with zero attached hydrogens (tertiary/aromatic N) is 3. The number of rotatable bonds is 5. The van der Waals surface area contributed by atoms with Gasteiger partial charge in [-0.3, -0.25) is 9.59 Å². The van der Waals surface area contributed by atoms with Crippen molar-refractivity contribution in [2.75, 3.05) is 13.1 Å². The van der Waals surface area contributed by atoms with E-state index in [0.29, 0.717) is 25.2 Å². The standard InChI is InChI=1S/C18H20FN3O3/c19-14-5-1-2-6-16(14)22-11-9-15(20-22)18(25)21-10-3-4-13(12-21)7-8-17(23)24/h1-2,5-6,9,11,13H,3-4,7-8,10,12H2,(H,23,24)/t13-/m1/s1. The Hall–Kier alpha value is -2.70. The van der Waals surface area contributed by atoms with Gasteiger partial charge in [-0.1, -0.05) is 12.1 Å². The number of halogens is 1. The van der Waals surface area contributed by atoms with Gasteiger partial charge in [-0.05, 0) is 43.4 Å².